The Morgan fingerprint density at radius 3 is 3.00 bits per heavy atom. The normalized spacial score (nSPS) is 48.3. The Balaban J connectivity index is 1.93. The molecule has 0 aromatic rings. The van der Waals surface area contributed by atoms with E-state index < -0.39 is 0 Å². The standard InChI is InChI=1S/C8H14O/c1-2-6-4-3-5-7-8(6)9-7/h6-8H,2-5H2,1H3. The van der Waals surface area contributed by atoms with Crippen LogP contribution >= 0.6 is 0 Å². The lowest BCUT2D eigenvalue weighted by Gasteiger charge is -2.14. The Kier molecular flexibility index (Phi) is 1.26. The predicted octanol–water partition coefficient (Wildman–Crippen LogP) is 1.96. The van der Waals surface area contributed by atoms with Crippen LogP contribution in [0.25, 0.3) is 0 Å². The van der Waals surface area contributed by atoms with E-state index in [0.29, 0.717) is 12.2 Å². The van der Waals surface area contributed by atoms with E-state index in [1.54, 1.807) is 0 Å². The van der Waals surface area contributed by atoms with Crippen LogP contribution in [0, 0.1) is 5.92 Å². The Hall–Kier alpha value is -0.0400. The third-order valence-electron chi connectivity index (χ3n) is 2.67. The minimum atomic E-state index is 0.684. The average Bonchev–Trinajstić information content (AvgIpc) is 2.64. The molecular weight excluding hydrogens is 112 g/mol. The molecule has 2 fully saturated rings. The van der Waals surface area contributed by atoms with E-state index in [0.717, 1.165) is 5.92 Å². The molecule has 1 nitrogen and oxygen atoms in total. The number of fused-ring (bicyclic) bond motifs is 1. The van der Waals surface area contributed by atoms with Gasteiger partial charge < -0.3 is 4.74 Å². The summed E-state index contributed by atoms with van der Waals surface area (Å²) in [6.07, 6.45) is 6.84. The van der Waals surface area contributed by atoms with E-state index in [2.05, 4.69) is 6.92 Å². The summed E-state index contributed by atoms with van der Waals surface area (Å²) in [6, 6.07) is 0. The molecule has 1 heteroatoms. The summed E-state index contributed by atoms with van der Waals surface area (Å²) in [4.78, 5) is 0. The fourth-order valence-electron chi connectivity index (χ4n) is 1.99. The summed E-state index contributed by atoms with van der Waals surface area (Å²) >= 11 is 0. The van der Waals surface area contributed by atoms with Crippen molar-refractivity contribution >= 4 is 0 Å². The minimum absolute atomic E-state index is 0.684. The molecular formula is C8H14O. The SMILES string of the molecule is CCC1CCCC2OC12. The molecule has 0 aromatic carbocycles. The van der Waals surface area contributed by atoms with Crippen LogP contribution in [-0.4, -0.2) is 12.2 Å². The molecule has 2 aliphatic rings. The summed E-state index contributed by atoms with van der Waals surface area (Å²) < 4.78 is 5.48. The van der Waals surface area contributed by atoms with Crippen LogP contribution in [0.4, 0.5) is 0 Å². The quantitative estimate of drug-likeness (QED) is 0.489. The molecule has 1 heterocycles. The first-order valence-corrected chi connectivity index (χ1v) is 4.07. The Morgan fingerprint density at radius 1 is 1.44 bits per heavy atom. The lowest BCUT2D eigenvalue weighted by atomic mass is 9.88. The molecule has 1 saturated heterocycles. The molecule has 3 atom stereocenters. The van der Waals surface area contributed by atoms with Gasteiger partial charge in [0.15, 0.2) is 0 Å². The molecule has 0 bridgehead atoms. The zero-order valence-corrected chi connectivity index (χ0v) is 5.97. The number of epoxide rings is 1. The van der Waals surface area contributed by atoms with Gasteiger partial charge in [0.25, 0.3) is 0 Å². The Bertz CT molecular complexity index is 111. The van der Waals surface area contributed by atoms with Crippen LogP contribution < -0.4 is 0 Å². The predicted molar refractivity (Wildman–Crippen MR) is 36.3 cm³/mol. The van der Waals surface area contributed by atoms with E-state index in [1.807, 2.05) is 0 Å². The van der Waals surface area contributed by atoms with Gasteiger partial charge in [-0.3, -0.25) is 0 Å². The first kappa shape index (κ1) is 5.72. The van der Waals surface area contributed by atoms with Gasteiger partial charge in [-0.15, -0.1) is 0 Å². The van der Waals surface area contributed by atoms with Crippen LogP contribution in [0.15, 0.2) is 0 Å². The van der Waals surface area contributed by atoms with Gasteiger partial charge in [0.2, 0.25) is 0 Å². The van der Waals surface area contributed by atoms with Crippen molar-refractivity contribution in [1.29, 1.82) is 0 Å². The van der Waals surface area contributed by atoms with Gasteiger partial charge >= 0.3 is 0 Å². The van der Waals surface area contributed by atoms with Crippen molar-refractivity contribution < 1.29 is 4.74 Å². The van der Waals surface area contributed by atoms with Gasteiger partial charge in [0.05, 0.1) is 12.2 Å². The lowest BCUT2D eigenvalue weighted by molar-refractivity contribution is 0.315. The van der Waals surface area contributed by atoms with Gasteiger partial charge in [-0.1, -0.05) is 19.8 Å². The molecule has 0 radical (unpaired) electrons. The molecule has 3 unspecified atom stereocenters. The second kappa shape index (κ2) is 1.98. The van der Waals surface area contributed by atoms with Crippen LogP contribution in [-0.2, 0) is 4.74 Å². The number of hydrogen-bond acceptors (Lipinski definition) is 1. The summed E-state index contributed by atoms with van der Waals surface area (Å²) in [5.41, 5.74) is 0. The van der Waals surface area contributed by atoms with Crippen molar-refractivity contribution in [2.24, 2.45) is 5.92 Å². The molecule has 2 rings (SSSR count). The van der Waals surface area contributed by atoms with Crippen molar-refractivity contribution in [3.63, 3.8) is 0 Å². The maximum Gasteiger partial charge on any atom is 0.0869 e. The highest BCUT2D eigenvalue weighted by Crippen LogP contribution is 2.41. The van der Waals surface area contributed by atoms with E-state index in [1.165, 1.54) is 25.7 Å². The van der Waals surface area contributed by atoms with Gasteiger partial charge in [-0.25, -0.2) is 0 Å². The molecule has 1 aliphatic carbocycles. The fourth-order valence-corrected chi connectivity index (χ4v) is 1.99. The summed E-state index contributed by atoms with van der Waals surface area (Å²) in [6.45, 7) is 2.27. The van der Waals surface area contributed by atoms with Crippen molar-refractivity contribution in [3.05, 3.63) is 0 Å². The maximum absolute atomic E-state index is 5.48. The highest BCUT2D eigenvalue weighted by Gasteiger charge is 2.45. The molecule has 1 saturated carbocycles. The monoisotopic (exact) mass is 126 g/mol. The molecule has 52 valence electrons. The highest BCUT2D eigenvalue weighted by molar-refractivity contribution is 4.93. The molecule has 0 spiro atoms. The van der Waals surface area contributed by atoms with E-state index in [-0.39, 0.29) is 0 Å². The highest BCUT2D eigenvalue weighted by atomic mass is 16.6. The fraction of sp³-hybridized carbons (Fsp3) is 1.00. The maximum atomic E-state index is 5.48. The van der Waals surface area contributed by atoms with Gasteiger partial charge in [-0.05, 0) is 18.8 Å². The zero-order chi connectivity index (χ0) is 6.27. The van der Waals surface area contributed by atoms with Crippen LogP contribution in [0.1, 0.15) is 32.6 Å². The van der Waals surface area contributed by atoms with Crippen molar-refractivity contribution in [1.82, 2.24) is 0 Å². The lowest BCUT2D eigenvalue weighted by Crippen LogP contribution is -2.14. The van der Waals surface area contributed by atoms with Crippen molar-refractivity contribution in [2.75, 3.05) is 0 Å². The van der Waals surface area contributed by atoms with E-state index in [4.69, 9.17) is 4.74 Å². The largest absolute Gasteiger partial charge is 0.369 e. The Labute approximate surface area is 56.4 Å². The topological polar surface area (TPSA) is 12.5 Å². The summed E-state index contributed by atoms with van der Waals surface area (Å²) in [5, 5.41) is 0. The first-order valence-electron chi connectivity index (χ1n) is 4.07. The van der Waals surface area contributed by atoms with E-state index in [9.17, 15) is 0 Å². The first-order chi connectivity index (χ1) is 4.42. The second-order valence-electron chi connectivity index (χ2n) is 3.24. The third kappa shape index (κ3) is 0.877. The van der Waals surface area contributed by atoms with Crippen molar-refractivity contribution in [2.45, 2.75) is 44.8 Å². The van der Waals surface area contributed by atoms with Crippen LogP contribution in [0.2, 0.25) is 0 Å². The van der Waals surface area contributed by atoms with E-state index >= 15 is 0 Å². The second-order valence-corrected chi connectivity index (χ2v) is 3.24. The summed E-state index contributed by atoms with van der Waals surface area (Å²) in [5.74, 6) is 0.906. The minimum Gasteiger partial charge on any atom is -0.369 e. The summed E-state index contributed by atoms with van der Waals surface area (Å²) in [7, 11) is 0. The Morgan fingerprint density at radius 2 is 2.33 bits per heavy atom. The van der Waals surface area contributed by atoms with Gasteiger partial charge in [0.1, 0.15) is 0 Å². The third-order valence-corrected chi connectivity index (χ3v) is 2.67. The van der Waals surface area contributed by atoms with Crippen LogP contribution in [0.3, 0.4) is 0 Å². The number of ether oxygens (including phenoxy) is 1. The molecule has 0 N–H and O–H groups in total. The molecule has 0 amide bonds. The van der Waals surface area contributed by atoms with Crippen LogP contribution in [0.5, 0.6) is 0 Å². The number of hydrogen-bond donors (Lipinski definition) is 0. The smallest absolute Gasteiger partial charge is 0.0869 e. The molecule has 9 heavy (non-hydrogen) atoms. The number of rotatable bonds is 1. The molecule has 0 aromatic heterocycles. The van der Waals surface area contributed by atoms with Gasteiger partial charge in [-0.2, -0.15) is 0 Å². The zero-order valence-electron chi connectivity index (χ0n) is 5.97. The molecule has 1 aliphatic heterocycles. The average molecular weight is 126 g/mol. The van der Waals surface area contributed by atoms with Gasteiger partial charge in [0, 0.05) is 0 Å². The van der Waals surface area contributed by atoms with Crippen molar-refractivity contribution in [3.8, 4) is 0 Å².